The van der Waals surface area contributed by atoms with Gasteiger partial charge in [0.25, 0.3) is 5.91 Å². The maximum atomic E-state index is 13.1. The van der Waals surface area contributed by atoms with Crippen molar-refractivity contribution in [3.63, 3.8) is 0 Å². The summed E-state index contributed by atoms with van der Waals surface area (Å²) in [6.07, 6.45) is -0.351. The van der Waals surface area contributed by atoms with E-state index in [1.807, 2.05) is 0 Å². The highest BCUT2D eigenvalue weighted by atomic mass is 19.1. The number of ether oxygens (including phenoxy) is 1. The smallest absolute Gasteiger partial charge is 0.265 e. The molecule has 6 heteroatoms. The maximum absolute atomic E-state index is 13.1. The SMILES string of the molecule is CC(=O)N(C(=O)c1ccc(F)cc1)c1ccc2c(c1)CC(O)C(C)(C)O2. The first kappa shape index (κ1) is 18.1. The van der Waals surface area contributed by atoms with Gasteiger partial charge in [0.05, 0.1) is 11.8 Å². The Morgan fingerprint density at radius 1 is 1.19 bits per heavy atom. The highest BCUT2D eigenvalue weighted by Crippen LogP contribution is 2.36. The van der Waals surface area contributed by atoms with Crippen LogP contribution in [-0.2, 0) is 11.2 Å². The number of aliphatic hydroxyl groups is 1. The van der Waals surface area contributed by atoms with Crippen LogP contribution in [0.4, 0.5) is 10.1 Å². The quantitative estimate of drug-likeness (QED) is 0.897. The number of halogens is 1. The van der Waals surface area contributed by atoms with Crippen molar-refractivity contribution >= 4 is 17.5 Å². The number of carbonyl (C=O) groups is 2. The number of carbonyl (C=O) groups excluding carboxylic acids is 2. The van der Waals surface area contributed by atoms with Crippen LogP contribution in [0, 0.1) is 5.82 Å². The van der Waals surface area contributed by atoms with E-state index >= 15 is 0 Å². The van der Waals surface area contributed by atoms with Crippen LogP contribution in [0.1, 0.15) is 36.7 Å². The Labute approximate surface area is 151 Å². The second kappa shape index (κ2) is 6.53. The number of benzene rings is 2. The van der Waals surface area contributed by atoms with Gasteiger partial charge in [0.15, 0.2) is 0 Å². The fraction of sp³-hybridized carbons (Fsp3) is 0.300. The maximum Gasteiger partial charge on any atom is 0.265 e. The number of amides is 2. The Morgan fingerprint density at radius 2 is 1.85 bits per heavy atom. The van der Waals surface area contributed by atoms with Crippen molar-refractivity contribution in [2.45, 2.75) is 38.9 Å². The number of hydrogen-bond donors (Lipinski definition) is 1. The van der Waals surface area contributed by atoms with E-state index in [9.17, 15) is 19.1 Å². The first-order valence-corrected chi connectivity index (χ1v) is 8.29. The van der Waals surface area contributed by atoms with Gasteiger partial charge >= 0.3 is 0 Å². The van der Waals surface area contributed by atoms with Crippen LogP contribution >= 0.6 is 0 Å². The number of anilines is 1. The predicted octanol–water partition coefficient (Wildman–Crippen LogP) is 3.09. The number of hydrogen-bond acceptors (Lipinski definition) is 4. The van der Waals surface area contributed by atoms with Crippen LogP contribution in [-0.4, -0.2) is 28.6 Å². The molecule has 136 valence electrons. The minimum absolute atomic E-state index is 0.205. The molecule has 0 aliphatic carbocycles. The molecule has 1 heterocycles. The van der Waals surface area contributed by atoms with Gasteiger partial charge in [-0.25, -0.2) is 9.29 Å². The summed E-state index contributed by atoms with van der Waals surface area (Å²) in [4.78, 5) is 25.9. The second-order valence-electron chi connectivity index (χ2n) is 6.88. The van der Waals surface area contributed by atoms with Crippen LogP contribution < -0.4 is 9.64 Å². The molecule has 0 bridgehead atoms. The molecule has 2 aromatic carbocycles. The highest BCUT2D eigenvalue weighted by molar-refractivity contribution is 6.20. The summed E-state index contributed by atoms with van der Waals surface area (Å²) < 4.78 is 18.9. The van der Waals surface area contributed by atoms with E-state index in [0.717, 1.165) is 4.90 Å². The van der Waals surface area contributed by atoms with Gasteiger partial charge in [-0.2, -0.15) is 0 Å². The van der Waals surface area contributed by atoms with Crippen LogP contribution in [0.25, 0.3) is 0 Å². The molecule has 26 heavy (non-hydrogen) atoms. The standard InChI is InChI=1S/C20H20FNO4/c1-12(23)22(19(25)13-4-6-15(21)7-5-13)16-8-9-17-14(10-16)11-18(24)20(2,3)26-17/h4-10,18,24H,11H2,1-3H3. The van der Waals surface area contributed by atoms with Crippen molar-refractivity contribution in [1.82, 2.24) is 0 Å². The van der Waals surface area contributed by atoms with E-state index in [0.29, 0.717) is 23.4 Å². The topological polar surface area (TPSA) is 66.8 Å². The number of aliphatic hydroxyl groups excluding tert-OH is 1. The lowest BCUT2D eigenvalue weighted by Crippen LogP contribution is -2.46. The van der Waals surface area contributed by atoms with Crippen LogP contribution in [0.15, 0.2) is 42.5 Å². The molecule has 0 saturated heterocycles. The lowest BCUT2D eigenvalue weighted by atomic mass is 9.91. The summed E-state index contributed by atoms with van der Waals surface area (Å²) in [6.45, 7) is 4.89. The third kappa shape index (κ3) is 3.32. The van der Waals surface area contributed by atoms with Gasteiger partial charge in [0.1, 0.15) is 17.2 Å². The summed E-state index contributed by atoms with van der Waals surface area (Å²) in [7, 11) is 0. The summed E-state index contributed by atoms with van der Waals surface area (Å²) >= 11 is 0. The molecule has 1 N–H and O–H groups in total. The van der Waals surface area contributed by atoms with E-state index in [1.165, 1.54) is 31.2 Å². The Bertz CT molecular complexity index is 861. The lowest BCUT2D eigenvalue weighted by Gasteiger charge is -2.37. The molecule has 1 aliphatic rings. The van der Waals surface area contributed by atoms with Gasteiger partial charge < -0.3 is 9.84 Å². The summed E-state index contributed by atoms with van der Waals surface area (Å²) in [5.41, 5.74) is 0.587. The molecular weight excluding hydrogens is 337 g/mol. The van der Waals surface area contributed by atoms with Crippen LogP contribution in [0.3, 0.4) is 0 Å². The summed E-state index contributed by atoms with van der Waals surface area (Å²) in [5.74, 6) is -0.854. The van der Waals surface area contributed by atoms with E-state index < -0.39 is 29.3 Å². The lowest BCUT2D eigenvalue weighted by molar-refractivity contribution is -0.115. The minimum Gasteiger partial charge on any atom is -0.485 e. The number of rotatable bonds is 2. The zero-order valence-corrected chi connectivity index (χ0v) is 14.8. The Balaban J connectivity index is 1.97. The fourth-order valence-electron chi connectivity index (χ4n) is 2.93. The molecule has 2 amide bonds. The minimum atomic E-state index is -0.710. The first-order chi connectivity index (χ1) is 12.2. The zero-order chi connectivity index (χ0) is 19.1. The molecule has 1 atom stereocenters. The normalized spacial score (nSPS) is 17.8. The molecule has 0 radical (unpaired) electrons. The predicted molar refractivity (Wildman–Crippen MR) is 94.8 cm³/mol. The number of fused-ring (bicyclic) bond motifs is 1. The van der Waals surface area contributed by atoms with Gasteiger partial charge in [-0.3, -0.25) is 9.59 Å². The molecular formula is C20H20FNO4. The van der Waals surface area contributed by atoms with E-state index in [-0.39, 0.29) is 5.56 Å². The molecule has 2 aromatic rings. The average Bonchev–Trinajstić information content (AvgIpc) is 2.56. The summed E-state index contributed by atoms with van der Waals surface area (Å²) in [6, 6.07) is 9.98. The van der Waals surface area contributed by atoms with Gasteiger partial charge in [-0.1, -0.05) is 0 Å². The monoisotopic (exact) mass is 357 g/mol. The average molecular weight is 357 g/mol. The fourth-order valence-corrected chi connectivity index (χ4v) is 2.93. The van der Waals surface area contributed by atoms with Gasteiger partial charge in [-0.05, 0) is 61.9 Å². The number of imide groups is 1. The Morgan fingerprint density at radius 3 is 2.46 bits per heavy atom. The number of nitrogens with zero attached hydrogens (tertiary/aromatic N) is 1. The highest BCUT2D eigenvalue weighted by Gasteiger charge is 2.36. The molecule has 1 aliphatic heterocycles. The van der Waals surface area contributed by atoms with Crippen LogP contribution in [0.2, 0.25) is 0 Å². The zero-order valence-electron chi connectivity index (χ0n) is 14.8. The van der Waals surface area contributed by atoms with Gasteiger partial charge in [0, 0.05) is 18.9 Å². The van der Waals surface area contributed by atoms with Crippen molar-refractivity contribution < 1.29 is 23.8 Å². The van der Waals surface area contributed by atoms with Crippen molar-refractivity contribution in [3.05, 3.63) is 59.4 Å². The molecule has 0 spiro atoms. The molecule has 5 nitrogen and oxygen atoms in total. The van der Waals surface area contributed by atoms with Gasteiger partial charge in [-0.15, -0.1) is 0 Å². The van der Waals surface area contributed by atoms with E-state index in [1.54, 1.807) is 32.0 Å². The Kier molecular flexibility index (Phi) is 4.54. The molecule has 1 unspecified atom stereocenters. The van der Waals surface area contributed by atoms with Crippen molar-refractivity contribution in [3.8, 4) is 5.75 Å². The van der Waals surface area contributed by atoms with E-state index in [2.05, 4.69) is 0 Å². The van der Waals surface area contributed by atoms with Crippen LogP contribution in [0.5, 0.6) is 5.75 Å². The molecule has 0 fully saturated rings. The van der Waals surface area contributed by atoms with Crippen molar-refractivity contribution in [2.75, 3.05) is 4.90 Å². The van der Waals surface area contributed by atoms with E-state index in [4.69, 9.17) is 4.74 Å². The molecule has 0 saturated carbocycles. The Hall–Kier alpha value is -2.73. The van der Waals surface area contributed by atoms with Gasteiger partial charge in [0.2, 0.25) is 5.91 Å². The third-order valence-corrected chi connectivity index (χ3v) is 4.50. The molecule has 3 rings (SSSR count). The van der Waals surface area contributed by atoms with Crippen molar-refractivity contribution in [2.24, 2.45) is 0 Å². The largest absolute Gasteiger partial charge is 0.485 e. The first-order valence-electron chi connectivity index (χ1n) is 8.29. The second-order valence-corrected chi connectivity index (χ2v) is 6.88. The third-order valence-electron chi connectivity index (χ3n) is 4.50. The van der Waals surface area contributed by atoms with Crippen molar-refractivity contribution in [1.29, 1.82) is 0 Å². The summed E-state index contributed by atoms with van der Waals surface area (Å²) in [5, 5.41) is 10.2. The molecule has 0 aromatic heterocycles.